The van der Waals surface area contributed by atoms with Gasteiger partial charge in [0, 0.05) is 24.2 Å². The van der Waals surface area contributed by atoms with Crippen LogP contribution in [0.1, 0.15) is 45.2 Å². The Morgan fingerprint density at radius 3 is 2.65 bits per heavy atom. The Morgan fingerprint density at radius 1 is 1.30 bits per heavy atom. The Hall–Kier alpha value is -1.35. The van der Waals surface area contributed by atoms with E-state index in [1.807, 2.05) is 24.9 Å². The lowest BCUT2D eigenvalue weighted by Gasteiger charge is -2.28. The number of hydrogen-bond acceptors (Lipinski definition) is 2. The van der Waals surface area contributed by atoms with Gasteiger partial charge in [-0.25, -0.2) is 0 Å². The zero-order valence-electron chi connectivity index (χ0n) is 13.0. The summed E-state index contributed by atoms with van der Waals surface area (Å²) in [5.41, 5.74) is 2.33. The van der Waals surface area contributed by atoms with Gasteiger partial charge in [0.1, 0.15) is 0 Å². The Morgan fingerprint density at radius 2 is 2.00 bits per heavy atom. The van der Waals surface area contributed by atoms with Crippen LogP contribution in [0.5, 0.6) is 0 Å². The van der Waals surface area contributed by atoms with Crippen LogP contribution in [0.15, 0.2) is 24.3 Å². The smallest absolute Gasteiger partial charge is 0.230 e. The number of para-hydroxylation sites is 1. The third-order valence-corrected chi connectivity index (χ3v) is 4.48. The van der Waals surface area contributed by atoms with Crippen LogP contribution in [0.25, 0.3) is 0 Å². The molecule has 1 amide bonds. The molecule has 2 rings (SSSR count). The molecule has 0 saturated heterocycles. The average Bonchev–Trinajstić information content (AvgIpc) is 2.64. The van der Waals surface area contributed by atoms with E-state index in [4.69, 9.17) is 0 Å². The first-order valence-corrected chi connectivity index (χ1v) is 7.63. The van der Waals surface area contributed by atoms with Crippen LogP contribution in [-0.4, -0.2) is 19.5 Å². The molecule has 0 fully saturated rings. The molecule has 0 spiro atoms. The first kappa shape index (κ1) is 15.0. The SMILES string of the molecule is CNC1CCCN(C(=O)C(C)C(C)C)c2ccccc21. The lowest BCUT2D eigenvalue weighted by atomic mass is 9.96. The fourth-order valence-corrected chi connectivity index (χ4v) is 2.82. The van der Waals surface area contributed by atoms with Gasteiger partial charge in [-0.05, 0) is 37.4 Å². The number of carbonyl (C=O) groups is 1. The Balaban J connectivity index is 2.37. The standard InChI is InChI=1S/C17H26N2O/c1-12(2)13(3)17(20)19-11-7-9-15(18-4)14-8-5-6-10-16(14)19/h5-6,8,10,12-13,15,18H,7,9,11H2,1-4H3. The molecule has 0 radical (unpaired) electrons. The zero-order valence-corrected chi connectivity index (χ0v) is 13.0. The van der Waals surface area contributed by atoms with Gasteiger partial charge in [-0.15, -0.1) is 0 Å². The van der Waals surface area contributed by atoms with Crippen molar-refractivity contribution in [1.29, 1.82) is 0 Å². The van der Waals surface area contributed by atoms with Gasteiger partial charge in [0.25, 0.3) is 0 Å². The van der Waals surface area contributed by atoms with E-state index in [9.17, 15) is 4.79 Å². The van der Waals surface area contributed by atoms with Crippen molar-refractivity contribution < 1.29 is 4.79 Å². The average molecular weight is 274 g/mol. The summed E-state index contributed by atoms with van der Waals surface area (Å²) in [5.74, 6) is 0.691. The topological polar surface area (TPSA) is 32.3 Å². The summed E-state index contributed by atoms with van der Waals surface area (Å²) < 4.78 is 0. The predicted octanol–water partition coefficient (Wildman–Crippen LogP) is 3.37. The number of fused-ring (bicyclic) bond motifs is 1. The molecule has 0 aliphatic carbocycles. The van der Waals surface area contributed by atoms with Crippen LogP contribution in [0.3, 0.4) is 0 Å². The normalized spacial score (nSPS) is 20.4. The molecule has 1 aliphatic rings. The highest BCUT2D eigenvalue weighted by molar-refractivity contribution is 5.96. The van der Waals surface area contributed by atoms with Crippen LogP contribution in [-0.2, 0) is 4.79 Å². The van der Waals surface area contributed by atoms with Crippen LogP contribution < -0.4 is 10.2 Å². The van der Waals surface area contributed by atoms with Gasteiger partial charge in [-0.2, -0.15) is 0 Å². The van der Waals surface area contributed by atoms with Crippen molar-refractivity contribution in [2.75, 3.05) is 18.5 Å². The second-order valence-corrected chi connectivity index (χ2v) is 6.06. The number of nitrogens with one attached hydrogen (secondary N) is 1. The van der Waals surface area contributed by atoms with E-state index in [0.29, 0.717) is 12.0 Å². The van der Waals surface area contributed by atoms with E-state index in [1.165, 1.54) is 5.56 Å². The van der Waals surface area contributed by atoms with E-state index < -0.39 is 0 Å². The minimum Gasteiger partial charge on any atom is -0.313 e. The number of anilines is 1. The largest absolute Gasteiger partial charge is 0.313 e. The third-order valence-electron chi connectivity index (χ3n) is 4.48. The molecule has 20 heavy (non-hydrogen) atoms. The van der Waals surface area contributed by atoms with Gasteiger partial charge in [-0.3, -0.25) is 4.79 Å². The number of rotatable bonds is 3. The van der Waals surface area contributed by atoms with Crippen molar-refractivity contribution in [1.82, 2.24) is 5.32 Å². The molecule has 0 aromatic heterocycles. The molecule has 3 nitrogen and oxygen atoms in total. The summed E-state index contributed by atoms with van der Waals surface area (Å²) in [5, 5.41) is 3.37. The quantitative estimate of drug-likeness (QED) is 0.916. The fraction of sp³-hybridized carbons (Fsp3) is 0.588. The second kappa shape index (κ2) is 6.40. The number of benzene rings is 1. The highest BCUT2D eigenvalue weighted by atomic mass is 16.2. The third kappa shape index (κ3) is 2.88. The molecule has 1 aromatic rings. The van der Waals surface area contributed by atoms with E-state index in [-0.39, 0.29) is 11.8 Å². The molecule has 3 heteroatoms. The van der Waals surface area contributed by atoms with Gasteiger partial charge in [-0.1, -0.05) is 39.0 Å². The van der Waals surface area contributed by atoms with Crippen LogP contribution in [0.2, 0.25) is 0 Å². The molecular weight excluding hydrogens is 248 g/mol. The number of carbonyl (C=O) groups excluding carboxylic acids is 1. The molecule has 1 N–H and O–H groups in total. The highest BCUT2D eigenvalue weighted by Crippen LogP contribution is 2.33. The summed E-state index contributed by atoms with van der Waals surface area (Å²) >= 11 is 0. The Labute approximate surface area is 122 Å². The molecule has 2 unspecified atom stereocenters. The van der Waals surface area contributed by atoms with Gasteiger partial charge in [0.15, 0.2) is 0 Å². The van der Waals surface area contributed by atoms with E-state index >= 15 is 0 Å². The van der Waals surface area contributed by atoms with E-state index in [2.05, 4.69) is 37.4 Å². The first-order chi connectivity index (χ1) is 9.56. The summed E-state index contributed by atoms with van der Waals surface area (Å²) in [6, 6.07) is 8.65. The summed E-state index contributed by atoms with van der Waals surface area (Å²) in [6.45, 7) is 7.09. The zero-order chi connectivity index (χ0) is 14.7. The second-order valence-electron chi connectivity index (χ2n) is 6.06. The molecular formula is C17H26N2O. The monoisotopic (exact) mass is 274 g/mol. The van der Waals surface area contributed by atoms with Crippen molar-refractivity contribution in [2.24, 2.45) is 11.8 Å². The first-order valence-electron chi connectivity index (χ1n) is 7.63. The predicted molar refractivity (Wildman–Crippen MR) is 83.8 cm³/mol. The maximum atomic E-state index is 12.8. The minimum absolute atomic E-state index is 0.0641. The van der Waals surface area contributed by atoms with Crippen molar-refractivity contribution in [3.05, 3.63) is 29.8 Å². The molecule has 1 heterocycles. The number of nitrogens with zero attached hydrogens (tertiary/aromatic N) is 1. The molecule has 110 valence electrons. The molecule has 1 aliphatic heterocycles. The molecule has 0 saturated carbocycles. The van der Waals surface area contributed by atoms with Gasteiger partial charge >= 0.3 is 0 Å². The summed E-state index contributed by atoms with van der Waals surface area (Å²) in [7, 11) is 2.00. The number of amides is 1. The van der Waals surface area contributed by atoms with Gasteiger partial charge in [0.05, 0.1) is 0 Å². The minimum atomic E-state index is 0.0641. The summed E-state index contributed by atoms with van der Waals surface area (Å²) in [4.78, 5) is 14.8. The van der Waals surface area contributed by atoms with Gasteiger partial charge in [0.2, 0.25) is 5.91 Å². The van der Waals surface area contributed by atoms with E-state index in [0.717, 1.165) is 25.1 Å². The Bertz CT molecular complexity index is 470. The van der Waals surface area contributed by atoms with Gasteiger partial charge < -0.3 is 10.2 Å². The maximum absolute atomic E-state index is 12.8. The van der Waals surface area contributed by atoms with Crippen molar-refractivity contribution in [3.63, 3.8) is 0 Å². The lowest BCUT2D eigenvalue weighted by molar-refractivity contribution is -0.123. The maximum Gasteiger partial charge on any atom is 0.230 e. The van der Waals surface area contributed by atoms with Crippen LogP contribution in [0.4, 0.5) is 5.69 Å². The lowest BCUT2D eigenvalue weighted by Crippen LogP contribution is -2.37. The van der Waals surface area contributed by atoms with E-state index in [1.54, 1.807) is 0 Å². The molecule has 1 aromatic carbocycles. The molecule has 0 bridgehead atoms. The van der Waals surface area contributed by atoms with Crippen LogP contribution >= 0.6 is 0 Å². The van der Waals surface area contributed by atoms with Crippen molar-refractivity contribution >= 4 is 11.6 Å². The highest BCUT2D eigenvalue weighted by Gasteiger charge is 2.29. The Kier molecular flexibility index (Phi) is 4.81. The molecule has 2 atom stereocenters. The summed E-state index contributed by atoms with van der Waals surface area (Å²) in [6.07, 6.45) is 2.12. The fourth-order valence-electron chi connectivity index (χ4n) is 2.82. The van der Waals surface area contributed by atoms with Crippen molar-refractivity contribution in [2.45, 2.75) is 39.7 Å². The number of hydrogen-bond donors (Lipinski definition) is 1. The van der Waals surface area contributed by atoms with Crippen LogP contribution in [0, 0.1) is 11.8 Å². The van der Waals surface area contributed by atoms with Crippen molar-refractivity contribution in [3.8, 4) is 0 Å².